The van der Waals surface area contributed by atoms with Gasteiger partial charge in [0.15, 0.2) is 6.23 Å². The van der Waals surface area contributed by atoms with Gasteiger partial charge in [-0.1, -0.05) is 0 Å². The normalized spacial score (nSPS) is 30.0. The number of aliphatic hydroxyl groups excluding tert-OH is 1. The molecule has 3 unspecified atom stereocenters. The van der Waals surface area contributed by atoms with Crippen LogP contribution in [-0.4, -0.2) is 34.6 Å². The highest BCUT2D eigenvalue weighted by Crippen LogP contribution is 2.19. The maximum Gasteiger partial charge on any atom is 0.507 e. The van der Waals surface area contributed by atoms with Gasteiger partial charge in [-0.05, 0) is 6.92 Å². The Morgan fingerprint density at radius 1 is 1.75 bits per heavy atom. The molecule has 0 aromatic rings. The molecular formula is C6H9NO5. The molecule has 1 aliphatic rings. The standard InChI is InChI=1S/C6H9NO5/c1-2(8)3-4(9)7-5(3)12-6(10)11/h2-3,5,8H,1H3,(H,7,9)(H,10,11). The average Bonchev–Trinajstić information content (AvgIpc) is 1.82. The van der Waals surface area contributed by atoms with Crippen molar-refractivity contribution < 1.29 is 24.5 Å². The zero-order chi connectivity index (χ0) is 9.30. The highest BCUT2D eigenvalue weighted by Gasteiger charge is 2.45. The maximum absolute atomic E-state index is 10.7. The van der Waals surface area contributed by atoms with E-state index >= 15 is 0 Å². The lowest BCUT2D eigenvalue weighted by atomic mass is 9.94. The first-order valence-electron chi connectivity index (χ1n) is 3.40. The van der Waals surface area contributed by atoms with Gasteiger partial charge in [-0.3, -0.25) is 4.79 Å². The molecule has 1 heterocycles. The first-order valence-corrected chi connectivity index (χ1v) is 3.40. The smallest absolute Gasteiger partial charge is 0.450 e. The van der Waals surface area contributed by atoms with Gasteiger partial charge in [0.2, 0.25) is 5.91 Å². The van der Waals surface area contributed by atoms with Crippen molar-refractivity contribution in [2.45, 2.75) is 19.3 Å². The predicted molar refractivity (Wildman–Crippen MR) is 36.2 cm³/mol. The Bertz CT molecular complexity index is 214. The third-order valence-corrected chi connectivity index (χ3v) is 1.66. The average molecular weight is 175 g/mol. The summed E-state index contributed by atoms with van der Waals surface area (Å²) in [4.78, 5) is 20.7. The van der Waals surface area contributed by atoms with Crippen LogP contribution in [0.15, 0.2) is 0 Å². The minimum absolute atomic E-state index is 0.392. The van der Waals surface area contributed by atoms with Crippen molar-refractivity contribution in [1.82, 2.24) is 5.32 Å². The lowest BCUT2D eigenvalue weighted by Gasteiger charge is -2.36. The van der Waals surface area contributed by atoms with Gasteiger partial charge in [-0.15, -0.1) is 0 Å². The zero-order valence-electron chi connectivity index (χ0n) is 6.35. The molecule has 0 spiro atoms. The van der Waals surface area contributed by atoms with Gasteiger partial charge in [0.1, 0.15) is 5.92 Å². The number of carbonyl (C=O) groups excluding carboxylic acids is 1. The molecule has 1 aliphatic heterocycles. The van der Waals surface area contributed by atoms with E-state index in [0.717, 1.165) is 0 Å². The predicted octanol–water partition coefficient (Wildman–Crippen LogP) is -0.866. The van der Waals surface area contributed by atoms with Gasteiger partial charge in [-0.2, -0.15) is 0 Å². The second-order valence-electron chi connectivity index (χ2n) is 2.58. The summed E-state index contributed by atoms with van der Waals surface area (Å²) in [5, 5.41) is 19.4. The monoisotopic (exact) mass is 175 g/mol. The van der Waals surface area contributed by atoms with E-state index in [2.05, 4.69) is 10.1 Å². The fourth-order valence-corrected chi connectivity index (χ4v) is 1.05. The number of nitrogens with one attached hydrogen (secondary N) is 1. The van der Waals surface area contributed by atoms with Crippen LogP contribution < -0.4 is 5.32 Å². The summed E-state index contributed by atoms with van der Waals surface area (Å²) in [6.07, 6.45) is -3.27. The van der Waals surface area contributed by atoms with Crippen LogP contribution in [0.3, 0.4) is 0 Å². The number of ether oxygens (including phenoxy) is 1. The molecular weight excluding hydrogens is 166 g/mol. The van der Waals surface area contributed by atoms with E-state index in [1.807, 2.05) is 0 Å². The second-order valence-corrected chi connectivity index (χ2v) is 2.58. The van der Waals surface area contributed by atoms with Crippen molar-refractivity contribution in [2.24, 2.45) is 5.92 Å². The summed E-state index contributed by atoms with van der Waals surface area (Å²) in [7, 11) is 0. The number of rotatable bonds is 2. The number of hydrogen-bond acceptors (Lipinski definition) is 4. The molecule has 1 saturated heterocycles. The van der Waals surface area contributed by atoms with Crippen LogP contribution in [0.4, 0.5) is 4.79 Å². The van der Waals surface area contributed by atoms with Crippen LogP contribution >= 0.6 is 0 Å². The van der Waals surface area contributed by atoms with E-state index in [1.165, 1.54) is 6.92 Å². The Morgan fingerprint density at radius 2 is 2.33 bits per heavy atom. The number of carbonyl (C=O) groups is 2. The van der Waals surface area contributed by atoms with Crippen LogP contribution in [0.2, 0.25) is 0 Å². The molecule has 6 heteroatoms. The molecule has 1 fully saturated rings. The fraction of sp³-hybridized carbons (Fsp3) is 0.667. The van der Waals surface area contributed by atoms with E-state index < -0.39 is 30.3 Å². The minimum atomic E-state index is -1.47. The zero-order valence-corrected chi connectivity index (χ0v) is 6.35. The molecule has 0 radical (unpaired) electrons. The van der Waals surface area contributed by atoms with E-state index in [9.17, 15) is 9.59 Å². The summed E-state index contributed by atoms with van der Waals surface area (Å²) < 4.78 is 4.26. The van der Waals surface area contributed by atoms with E-state index in [1.54, 1.807) is 0 Å². The lowest BCUT2D eigenvalue weighted by Crippen LogP contribution is -2.63. The number of amides is 1. The summed E-state index contributed by atoms with van der Waals surface area (Å²) in [6.45, 7) is 1.40. The molecule has 68 valence electrons. The van der Waals surface area contributed by atoms with Crippen LogP contribution in [0.5, 0.6) is 0 Å². The first-order chi connectivity index (χ1) is 5.52. The van der Waals surface area contributed by atoms with Crippen molar-refractivity contribution in [2.75, 3.05) is 0 Å². The van der Waals surface area contributed by atoms with E-state index in [4.69, 9.17) is 10.2 Å². The number of aliphatic hydroxyl groups is 1. The van der Waals surface area contributed by atoms with Gasteiger partial charge in [-0.25, -0.2) is 4.79 Å². The quantitative estimate of drug-likeness (QED) is 0.374. The van der Waals surface area contributed by atoms with Gasteiger partial charge < -0.3 is 20.3 Å². The summed E-state index contributed by atoms with van der Waals surface area (Å²) in [6, 6.07) is 0. The molecule has 0 aromatic carbocycles. The number of hydrogen-bond donors (Lipinski definition) is 3. The molecule has 6 nitrogen and oxygen atoms in total. The molecule has 3 atom stereocenters. The summed E-state index contributed by atoms with van der Waals surface area (Å²) >= 11 is 0. The minimum Gasteiger partial charge on any atom is -0.450 e. The third kappa shape index (κ3) is 1.48. The Kier molecular flexibility index (Phi) is 2.18. The van der Waals surface area contributed by atoms with Crippen LogP contribution in [0.1, 0.15) is 6.92 Å². The molecule has 1 rings (SSSR count). The van der Waals surface area contributed by atoms with Crippen molar-refractivity contribution in [3.8, 4) is 0 Å². The first kappa shape index (κ1) is 8.79. The molecule has 3 N–H and O–H groups in total. The Hall–Kier alpha value is -1.30. The van der Waals surface area contributed by atoms with Crippen molar-refractivity contribution >= 4 is 12.1 Å². The highest BCUT2D eigenvalue weighted by atomic mass is 16.7. The van der Waals surface area contributed by atoms with E-state index in [-0.39, 0.29) is 0 Å². The van der Waals surface area contributed by atoms with Gasteiger partial charge >= 0.3 is 6.16 Å². The van der Waals surface area contributed by atoms with Gasteiger partial charge in [0.05, 0.1) is 6.10 Å². The van der Waals surface area contributed by atoms with E-state index in [0.29, 0.717) is 0 Å². The topological polar surface area (TPSA) is 95.9 Å². The molecule has 1 amide bonds. The SMILES string of the molecule is CC(O)C1C(=O)NC1OC(=O)O. The lowest BCUT2D eigenvalue weighted by molar-refractivity contribution is -0.156. The fourth-order valence-electron chi connectivity index (χ4n) is 1.05. The Balaban J connectivity index is 2.48. The second kappa shape index (κ2) is 2.98. The highest BCUT2D eigenvalue weighted by molar-refractivity contribution is 5.86. The van der Waals surface area contributed by atoms with Gasteiger partial charge in [0, 0.05) is 0 Å². The molecule has 0 aliphatic carbocycles. The van der Waals surface area contributed by atoms with Crippen molar-refractivity contribution in [3.63, 3.8) is 0 Å². The molecule has 0 bridgehead atoms. The third-order valence-electron chi connectivity index (χ3n) is 1.66. The number of carboxylic acid groups (broad SMARTS) is 1. The van der Waals surface area contributed by atoms with Crippen LogP contribution in [0.25, 0.3) is 0 Å². The Morgan fingerprint density at radius 3 is 2.67 bits per heavy atom. The van der Waals surface area contributed by atoms with Crippen molar-refractivity contribution in [1.29, 1.82) is 0 Å². The van der Waals surface area contributed by atoms with Crippen LogP contribution in [0, 0.1) is 5.92 Å². The largest absolute Gasteiger partial charge is 0.507 e. The van der Waals surface area contributed by atoms with Crippen molar-refractivity contribution in [3.05, 3.63) is 0 Å². The van der Waals surface area contributed by atoms with Crippen LogP contribution in [-0.2, 0) is 9.53 Å². The summed E-state index contributed by atoms with van der Waals surface area (Å²) in [5.41, 5.74) is 0. The number of β-lactam (4-membered cyclic amide) rings is 1. The molecule has 0 saturated carbocycles. The molecule has 0 aromatic heterocycles. The molecule has 12 heavy (non-hydrogen) atoms. The summed E-state index contributed by atoms with van der Waals surface area (Å²) in [5.74, 6) is -1.17. The maximum atomic E-state index is 10.7. The Labute approximate surface area is 68.1 Å². The van der Waals surface area contributed by atoms with Gasteiger partial charge in [0.25, 0.3) is 0 Å².